The minimum atomic E-state index is 0.621. The van der Waals surface area contributed by atoms with Gasteiger partial charge in [-0.05, 0) is 71.7 Å². The van der Waals surface area contributed by atoms with Crippen LogP contribution in [0, 0.1) is 3.57 Å². The number of hydrogen-bond acceptors (Lipinski definition) is 1. The number of rotatable bonds is 4. The summed E-state index contributed by atoms with van der Waals surface area (Å²) < 4.78 is 3.86. The lowest BCUT2D eigenvalue weighted by Crippen LogP contribution is -2.35. The quantitative estimate of drug-likeness (QED) is 0.444. The maximum absolute atomic E-state index is 6.09. The predicted octanol–water partition coefficient (Wildman–Crippen LogP) is 5.78. The lowest BCUT2D eigenvalue weighted by atomic mass is 10.0. The Labute approximate surface area is 167 Å². The summed E-state index contributed by atoms with van der Waals surface area (Å²) in [6, 6.07) is 17.7. The van der Waals surface area contributed by atoms with E-state index < -0.39 is 0 Å². The van der Waals surface area contributed by atoms with E-state index in [1.807, 2.05) is 12.1 Å². The van der Waals surface area contributed by atoms with Crippen molar-refractivity contribution >= 4 is 45.1 Å². The van der Waals surface area contributed by atoms with E-state index in [4.69, 9.17) is 11.6 Å². The Morgan fingerprint density at radius 2 is 1.84 bits per heavy atom. The number of fused-ring (bicyclic) bond motifs is 1. The van der Waals surface area contributed by atoms with Gasteiger partial charge < -0.3 is 9.47 Å². The average Bonchev–Trinajstić information content (AvgIpc) is 3.06. The van der Waals surface area contributed by atoms with Gasteiger partial charge in [0.1, 0.15) is 0 Å². The molecule has 1 fully saturated rings. The molecule has 0 amide bonds. The molecule has 0 aliphatic carbocycles. The fourth-order valence-electron chi connectivity index (χ4n) is 3.88. The number of piperidine rings is 1. The van der Waals surface area contributed by atoms with Crippen LogP contribution in [-0.2, 0) is 6.42 Å². The van der Waals surface area contributed by atoms with Crippen LogP contribution in [0.25, 0.3) is 10.9 Å². The molecule has 130 valence electrons. The van der Waals surface area contributed by atoms with Crippen LogP contribution in [0.5, 0.6) is 0 Å². The summed E-state index contributed by atoms with van der Waals surface area (Å²) in [5.74, 6) is 0. The van der Waals surface area contributed by atoms with E-state index in [1.54, 1.807) is 0 Å². The largest absolute Gasteiger partial charge is 0.343 e. The summed E-state index contributed by atoms with van der Waals surface area (Å²) in [5.41, 5.74) is 2.74. The number of aromatic nitrogens is 1. The summed E-state index contributed by atoms with van der Waals surface area (Å²) in [4.78, 5) is 2.59. The van der Waals surface area contributed by atoms with Crippen LogP contribution in [0.4, 0.5) is 0 Å². The van der Waals surface area contributed by atoms with Crippen molar-refractivity contribution in [1.29, 1.82) is 0 Å². The van der Waals surface area contributed by atoms with Crippen molar-refractivity contribution < 1.29 is 0 Å². The maximum Gasteiger partial charge on any atom is 0.0618 e. The van der Waals surface area contributed by atoms with Crippen LogP contribution in [0.1, 0.15) is 24.4 Å². The molecule has 2 nitrogen and oxygen atoms in total. The Hall–Kier alpha value is -1.04. The number of nitrogens with zero attached hydrogens (tertiary/aromatic N) is 2. The van der Waals surface area contributed by atoms with Crippen molar-refractivity contribution in [3.8, 4) is 0 Å². The predicted molar refractivity (Wildman–Crippen MR) is 115 cm³/mol. The molecule has 0 spiro atoms. The lowest BCUT2D eigenvalue weighted by molar-refractivity contribution is 0.190. The first-order chi connectivity index (χ1) is 12.2. The van der Waals surface area contributed by atoms with Crippen LogP contribution in [-0.4, -0.2) is 29.1 Å². The van der Waals surface area contributed by atoms with Gasteiger partial charge in [-0.25, -0.2) is 0 Å². The molecule has 0 N–H and O–H groups in total. The molecule has 0 unspecified atom stereocenters. The van der Waals surface area contributed by atoms with E-state index in [0.717, 1.165) is 18.0 Å². The van der Waals surface area contributed by atoms with Crippen molar-refractivity contribution in [2.75, 3.05) is 19.6 Å². The maximum atomic E-state index is 6.09. The number of likely N-dealkylation sites (tertiary alicyclic amines) is 1. The van der Waals surface area contributed by atoms with E-state index in [-0.39, 0.29) is 0 Å². The van der Waals surface area contributed by atoms with E-state index in [0.29, 0.717) is 6.04 Å². The smallest absolute Gasteiger partial charge is 0.0618 e. The van der Waals surface area contributed by atoms with Crippen LogP contribution in [0.2, 0.25) is 5.02 Å². The zero-order chi connectivity index (χ0) is 17.2. The van der Waals surface area contributed by atoms with Gasteiger partial charge in [0.2, 0.25) is 0 Å². The first-order valence-electron chi connectivity index (χ1n) is 8.92. The second-order valence-corrected chi connectivity index (χ2v) is 8.45. The van der Waals surface area contributed by atoms with E-state index in [2.05, 4.69) is 74.7 Å². The Bertz CT molecular complexity index is 865. The summed E-state index contributed by atoms with van der Waals surface area (Å²) >= 11 is 8.55. The molecule has 0 saturated carbocycles. The Balaban J connectivity index is 1.38. The molecular weight excluding hydrogens is 443 g/mol. The molecule has 4 rings (SSSR count). The van der Waals surface area contributed by atoms with Crippen molar-refractivity contribution in [3.05, 3.63) is 68.9 Å². The topological polar surface area (TPSA) is 8.17 Å². The minimum absolute atomic E-state index is 0.621. The van der Waals surface area contributed by atoms with Crippen molar-refractivity contribution in [1.82, 2.24) is 9.47 Å². The molecular formula is C21H22ClIN2. The van der Waals surface area contributed by atoms with Gasteiger partial charge in [0.05, 0.1) is 5.52 Å². The molecule has 1 saturated heterocycles. The van der Waals surface area contributed by atoms with Gasteiger partial charge in [-0.3, -0.25) is 0 Å². The highest BCUT2D eigenvalue weighted by Crippen LogP contribution is 2.30. The first-order valence-corrected chi connectivity index (χ1v) is 10.4. The molecule has 0 radical (unpaired) electrons. The zero-order valence-corrected chi connectivity index (χ0v) is 17.1. The van der Waals surface area contributed by atoms with Crippen LogP contribution in [0.3, 0.4) is 0 Å². The molecule has 3 aromatic rings. The molecule has 2 aromatic carbocycles. The standard InChI is InChI=1S/C21H22ClIN2/c22-18-5-1-3-16(15-18)7-11-24-12-9-19(10-13-24)25-14-8-17-4-2-6-20(23)21(17)25/h1-6,8,14-15,19H,7,9-13H2. The second kappa shape index (κ2) is 7.68. The van der Waals surface area contributed by atoms with Gasteiger partial charge in [-0.1, -0.05) is 35.9 Å². The van der Waals surface area contributed by atoms with Gasteiger partial charge in [0, 0.05) is 45.9 Å². The van der Waals surface area contributed by atoms with Crippen molar-refractivity contribution in [2.45, 2.75) is 25.3 Å². The number of halogens is 2. The zero-order valence-electron chi connectivity index (χ0n) is 14.2. The third-order valence-electron chi connectivity index (χ3n) is 5.25. The van der Waals surface area contributed by atoms with E-state index >= 15 is 0 Å². The molecule has 0 atom stereocenters. The van der Waals surface area contributed by atoms with Gasteiger partial charge >= 0.3 is 0 Å². The highest BCUT2D eigenvalue weighted by atomic mass is 127. The minimum Gasteiger partial charge on any atom is -0.343 e. The SMILES string of the molecule is Clc1cccc(CCN2CCC(n3ccc4cccc(I)c43)CC2)c1. The third-order valence-corrected chi connectivity index (χ3v) is 6.35. The highest BCUT2D eigenvalue weighted by Gasteiger charge is 2.21. The molecule has 1 aromatic heterocycles. The van der Waals surface area contributed by atoms with Crippen LogP contribution in [0.15, 0.2) is 54.7 Å². The van der Waals surface area contributed by atoms with Gasteiger partial charge in [-0.2, -0.15) is 0 Å². The van der Waals surface area contributed by atoms with Gasteiger partial charge in [0.25, 0.3) is 0 Å². The second-order valence-electron chi connectivity index (χ2n) is 6.85. The molecule has 25 heavy (non-hydrogen) atoms. The average molecular weight is 465 g/mol. The molecule has 2 heterocycles. The summed E-state index contributed by atoms with van der Waals surface area (Å²) in [6.07, 6.45) is 5.81. The van der Waals surface area contributed by atoms with E-state index in [1.165, 1.54) is 46.0 Å². The summed E-state index contributed by atoms with van der Waals surface area (Å²) in [5, 5.41) is 2.19. The number of para-hydroxylation sites is 1. The van der Waals surface area contributed by atoms with Crippen LogP contribution >= 0.6 is 34.2 Å². The Morgan fingerprint density at radius 3 is 2.64 bits per heavy atom. The molecule has 4 heteroatoms. The fourth-order valence-corrected chi connectivity index (χ4v) is 4.89. The van der Waals surface area contributed by atoms with Gasteiger partial charge in [0.15, 0.2) is 0 Å². The first kappa shape index (κ1) is 17.4. The van der Waals surface area contributed by atoms with Crippen LogP contribution < -0.4 is 0 Å². The molecule has 1 aliphatic rings. The van der Waals surface area contributed by atoms with E-state index in [9.17, 15) is 0 Å². The summed E-state index contributed by atoms with van der Waals surface area (Å²) in [6.45, 7) is 3.47. The molecule has 0 bridgehead atoms. The number of benzene rings is 2. The Morgan fingerprint density at radius 1 is 1.04 bits per heavy atom. The third kappa shape index (κ3) is 3.88. The van der Waals surface area contributed by atoms with Crippen molar-refractivity contribution in [3.63, 3.8) is 0 Å². The highest BCUT2D eigenvalue weighted by molar-refractivity contribution is 14.1. The normalized spacial score (nSPS) is 16.6. The van der Waals surface area contributed by atoms with Crippen molar-refractivity contribution in [2.24, 2.45) is 0 Å². The monoisotopic (exact) mass is 464 g/mol. The Kier molecular flexibility index (Phi) is 5.34. The van der Waals surface area contributed by atoms with Gasteiger partial charge in [-0.15, -0.1) is 0 Å². The lowest BCUT2D eigenvalue weighted by Gasteiger charge is -2.33. The fraction of sp³-hybridized carbons (Fsp3) is 0.333. The summed E-state index contributed by atoms with van der Waals surface area (Å²) in [7, 11) is 0. The molecule has 1 aliphatic heterocycles. The number of hydrogen-bond donors (Lipinski definition) is 0.